The summed E-state index contributed by atoms with van der Waals surface area (Å²) in [6, 6.07) is 0. The molecule has 2 nitrogen and oxygen atoms in total. The monoisotopic (exact) mass is 217 g/mol. The van der Waals surface area contributed by atoms with E-state index in [0.29, 0.717) is 11.0 Å². The largest absolute Gasteiger partial charge is 0.308 e. The lowest BCUT2D eigenvalue weighted by molar-refractivity contribution is -0.119. The Morgan fingerprint density at radius 2 is 2.00 bits per heavy atom. The number of nitrogens with zero attached hydrogens (tertiary/aromatic N) is 1. The van der Waals surface area contributed by atoms with Gasteiger partial charge in [0, 0.05) is 24.6 Å². The smallest absolute Gasteiger partial charge is 0.134 e. The Morgan fingerprint density at radius 1 is 1.36 bits per heavy atom. The predicted octanol–water partition coefficient (Wildman–Crippen LogP) is 2.43. The fourth-order valence-electron chi connectivity index (χ4n) is 1.45. The fraction of sp³-hybridized carbons (Fsp3) is 0.909. The molecule has 0 bridgehead atoms. The first-order valence-corrected chi connectivity index (χ1v) is 6.43. The van der Waals surface area contributed by atoms with Gasteiger partial charge in [0.2, 0.25) is 0 Å². The summed E-state index contributed by atoms with van der Waals surface area (Å²) >= 11 is 1.90. The van der Waals surface area contributed by atoms with Crippen LogP contribution in [-0.2, 0) is 4.79 Å². The third kappa shape index (κ3) is 7.39. The van der Waals surface area contributed by atoms with E-state index in [2.05, 4.69) is 32.8 Å². The summed E-state index contributed by atoms with van der Waals surface area (Å²) in [5, 5.41) is 0.481. The molecule has 0 aromatic heterocycles. The second-order valence-corrected chi connectivity index (χ2v) is 5.41. The van der Waals surface area contributed by atoms with Gasteiger partial charge in [-0.2, -0.15) is 11.8 Å². The maximum atomic E-state index is 11.5. The van der Waals surface area contributed by atoms with Gasteiger partial charge in [0.1, 0.15) is 5.78 Å². The maximum Gasteiger partial charge on any atom is 0.134 e. The van der Waals surface area contributed by atoms with Gasteiger partial charge in [-0.25, -0.2) is 0 Å². The van der Waals surface area contributed by atoms with E-state index in [1.165, 1.54) is 0 Å². The van der Waals surface area contributed by atoms with Gasteiger partial charge >= 0.3 is 0 Å². The Balaban J connectivity index is 3.88. The first-order chi connectivity index (χ1) is 6.60. The molecule has 0 spiro atoms. The summed E-state index contributed by atoms with van der Waals surface area (Å²) in [4.78, 5) is 13.6. The molecule has 0 aromatic carbocycles. The van der Waals surface area contributed by atoms with E-state index < -0.39 is 0 Å². The van der Waals surface area contributed by atoms with E-state index in [9.17, 15) is 4.79 Å². The van der Waals surface area contributed by atoms with Gasteiger partial charge in [-0.15, -0.1) is 0 Å². The molecule has 0 aliphatic rings. The van der Waals surface area contributed by atoms with E-state index in [4.69, 9.17) is 0 Å². The Kier molecular flexibility index (Phi) is 8.29. The number of rotatable bonds is 8. The summed E-state index contributed by atoms with van der Waals surface area (Å²) in [6.07, 6.45) is 2.46. The molecule has 0 radical (unpaired) electrons. The van der Waals surface area contributed by atoms with Crippen molar-refractivity contribution in [1.82, 2.24) is 4.90 Å². The SMILES string of the molecule is CCCC(=O)CC(CN(C)C)SCC. The van der Waals surface area contributed by atoms with Crippen LogP contribution in [0.15, 0.2) is 0 Å². The number of hydrogen-bond acceptors (Lipinski definition) is 3. The van der Waals surface area contributed by atoms with Crippen molar-refractivity contribution >= 4 is 17.5 Å². The zero-order valence-electron chi connectivity index (χ0n) is 9.88. The van der Waals surface area contributed by atoms with Gasteiger partial charge in [-0.05, 0) is 26.3 Å². The maximum absolute atomic E-state index is 11.5. The average molecular weight is 217 g/mol. The summed E-state index contributed by atoms with van der Waals surface area (Å²) in [6.45, 7) is 5.22. The molecule has 1 unspecified atom stereocenters. The predicted molar refractivity (Wildman–Crippen MR) is 65.0 cm³/mol. The summed E-state index contributed by atoms with van der Waals surface area (Å²) < 4.78 is 0. The van der Waals surface area contributed by atoms with E-state index >= 15 is 0 Å². The molecule has 0 amide bonds. The summed E-state index contributed by atoms with van der Waals surface area (Å²) in [5.74, 6) is 1.51. The lowest BCUT2D eigenvalue weighted by Gasteiger charge is -2.19. The van der Waals surface area contributed by atoms with Gasteiger partial charge in [0.05, 0.1) is 0 Å². The minimum Gasteiger partial charge on any atom is -0.308 e. The lowest BCUT2D eigenvalue weighted by atomic mass is 10.1. The van der Waals surface area contributed by atoms with Crippen molar-refractivity contribution in [1.29, 1.82) is 0 Å². The van der Waals surface area contributed by atoms with Crippen LogP contribution < -0.4 is 0 Å². The van der Waals surface area contributed by atoms with Gasteiger partial charge in [-0.3, -0.25) is 4.79 Å². The van der Waals surface area contributed by atoms with Crippen LogP contribution in [0.3, 0.4) is 0 Å². The highest BCUT2D eigenvalue weighted by Crippen LogP contribution is 2.16. The number of carbonyl (C=O) groups excluding carboxylic acids is 1. The van der Waals surface area contributed by atoms with Crippen molar-refractivity contribution in [3.05, 3.63) is 0 Å². The third-order valence-electron chi connectivity index (χ3n) is 1.96. The van der Waals surface area contributed by atoms with Crippen LogP contribution in [0.1, 0.15) is 33.1 Å². The molecule has 0 saturated heterocycles. The van der Waals surface area contributed by atoms with Crippen LogP contribution in [0.25, 0.3) is 0 Å². The zero-order valence-corrected chi connectivity index (χ0v) is 10.7. The summed E-state index contributed by atoms with van der Waals surface area (Å²) in [7, 11) is 4.13. The molecule has 0 aliphatic heterocycles. The molecule has 0 fully saturated rings. The zero-order chi connectivity index (χ0) is 11.0. The first-order valence-electron chi connectivity index (χ1n) is 5.38. The number of Topliss-reactive ketones (excluding diaryl/α,β-unsaturated/α-hetero) is 1. The van der Waals surface area contributed by atoms with Crippen molar-refractivity contribution in [2.75, 3.05) is 26.4 Å². The van der Waals surface area contributed by atoms with Gasteiger partial charge in [-0.1, -0.05) is 13.8 Å². The van der Waals surface area contributed by atoms with Crippen LogP contribution >= 0.6 is 11.8 Å². The van der Waals surface area contributed by atoms with Crippen molar-refractivity contribution in [3.63, 3.8) is 0 Å². The molecule has 0 rings (SSSR count). The van der Waals surface area contributed by atoms with Crippen molar-refractivity contribution < 1.29 is 4.79 Å². The van der Waals surface area contributed by atoms with Crippen LogP contribution in [0.4, 0.5) is 0 Å². The van der Waals surface area contributed by atoms with Crippen molar-refractivity contribution in [3.8, 4) is 0 Å². The second-order valence-electron chi connectivity index (χ2n) is 3.83. The standard InChI is InChI=1S/C11H23NOS/c1-5-7-10(13)8-11(14-6-2)9-12(3)4/h11H,5-9H2,1-4H3. The Hall–Kier alpha value is -0.0200. The molecule has 3 heteroatoms. The van der Waals surface area contributed by atoms with E-state index in [1.54, 1.807) is 0 Å². The van der Waals surface area contributed by atoms with Crippen LogP contribution in [0, 0.1) is 0 Å². The molecular weight excluding hydrogens is 194 g/mol. The molecule has 84 valence electrons. The fourth-order valence-corrected chi connectivity index (χ4v) is 2.63. The van der Waals surface area contributed by atoms with E-state index in [0.717, 1.165) is 31.6 Å². The lowest BCUT2D eigenvalue weighted by Crippen LogP contribution is -2.26. The molecule has 1 atom stereocenters. The van der Waals surface area contributed by atoms with Gasteiger partial charge in [0.25, 0.3) is 0 Å². The topological polar surface area (TPSA) is 20.3 Å². The third-order valence-corrected chi connectivity index (χ3v) is 3.08. The van der Waals surface area contributed by atoms with E-state index in [-0.39, 0.29) is 0 Å². The Labute approximate surface area is 92.4 Å². The first kappa shape index (κ1) is 14.0. The second kappa shape index (κ2) is 8.30. The normalized spacial score (nSPS) is 13.2. The minimum atomic E-state index is 0.417. The molecule has 0 N–H and O–H groups in total. The quantitative estimate of drug-likeness (QED) is 0.623. The number of thioether (sulfide) groups is 1. The van der Waals surface area contributed by atoms with Crippen LogP contribution in [0.5, 0.6) is 0 Å². The highest BCUT2D eigenvalue weighted by Gasteiger charge is 2.13. The van der Waals surface area contributed by atoms with Gasteiger partial charge in [0.15, 0.2) is 0 Å². The molecule has 0 saturated carbocycles. The Morgan fingerprint density at radius 3 is 2.43 bits per heavy atom. The highest BCUT2D eigenvalue weighted by atomic mass is 32.2. The molecule has 0 heterocycles. The number of hydrogen-bond donors (Lipinski definition) is 0. The summed E-state index contributed by atoms with van der Waals surface area (Å²) in [5.41, 5.74) is 0. The molecule has 0 aliphatic carbocycles. The molecular formula is C11H23NOS. The highest BCUT2D eigenvalue weighted by molar-refractivity contribution is 7.99. The number of ketones is 1. The van der Waals surface area contributed by atoms with Crippen molar-refractivity contribution in [2.45, 2.75) is 38.4 Å². The average Bonchev–Trinajstić information content (AvgIpc) is 2.03. The van der Waals surface area contributed by atoms with Crippen LogP contribution in [-0.4, -0.2) is 42.3 Å². The van der Waals surface area contributed by atoms with Gasteiger partial charge < -0.3 is 4.90 Å². The molecule has 0 aromatic rings. The van der Waals surface area contributed by atoms with E-state index in [1.807, 2.05) is 11.8 Å². The van der Waals surface area contributed by atoms with Crippen LogP contribution in [0.2, 0.25) is 0 Å². The Bertz CT molecular complexity index is 159. The van der Waals surface area contributed by atoms with Crippen molar-refractivity contribution in [2.24, 2.45) is 0 Å². The molecule has 14 heavy (non-hydrogen) atoms. The minimum absolute atomic E-state index is 0.417. The number of carbonyl (C=O) groups is 1.